The van der Waals surface area contributed by atoms with Crippen molar-refractivity contribution in [2.24, 2.45) is 0 Å². The average Bonchev–Trinajstić information content (AvgIpc) is 2.81. The standard InChI is InChI=1S/C11H9NO3/c13-11(10-7-14-8-12-10)15-6-9-4-2-1-3-5-9/h1-5,7-8H,6H2. The minimum atomic E-state index is -0.479. The molecule has 1 heterocycles. The summed E-state index contributed by atoms with van der Waals surface area (Å²) in [5.41, 5.74) is 1.13. The van der Waals surface area contributed by atoms with Crippen LogP contribution in [-0.2, 0) is 11.3 Å². The van der Waals surface area contributed by atoms with E-state index in [2.05, 4.69) is 9.40 Å². The third-order valence-corrected chi connectivity index (χ3v) is 1.85. The summed E-state index contributed by atoms with van der Waals surface area (Å²) in [6.07, 6.45) is 2.45. The van der Waals surface area contributed by atoms with Crippen LogP contribution in [0.4, 0.5) is 0 Å². The molecule has 1 aromatic heterocycles. The fourth-order valence-electron chi connectivity index (χ4n) is 1.11. The van der Waals surface area contributed by atoms with Crippen molar-refractivity contribution in [2.75, 3.05) is 0 Å². The molecule has 0 atom stereocenters. The predicted octanol–water partition coefficient (Wildman–Crippen LogP) is 2.03. The fraction of sp³-hybridized carbons (Fsp3) is 0.0909. The number of carbonyl (C=O) groups is 1. The van der Waals surface area contributed by atoms with Gasteiger partial charge in [0.1, 0.15) is 12.9 Å². The third-order valence-electron chi connectivity index (χ3n) is 1.85. The van der Waals surface area contributed by atoms with Crippen molar-refractivity contribution in [1.29, 1.82) is 0 Å². The molecule has 0 radical (unpaired) electrons. The molecule has 2 rings (SSSR count). The van der Waals surface area contributed by atoms with Gasteiger partial charge in [0.15, 0.2) is 12.1 Å². The van der Waals surface area contributed by atoms with Crippen LogP contribution >= 0.6 is 0 Å². The lowest BCUT2D eigenvalue weighted by Crippen LogP contribution is -2.05. The van der Waals surface area contributed by atoms with Crippen molar-refractivity contribution in [3.8, 4) is 0 Å². The Morgan fingerprint density at radius 2 is 2.13 bits per heavy atom. The molecule has 0 saturated heterocycles. The highest BCUT2D eigenvalue weighted by Crippen LogP contribution is 2.04. The molecular weight excluding hydrogens is 194 g/mol. The Morgan fingerprint density at radius 1 is 1.33 bits per heavy atom. The van der Waals surface area contributed by atoms with Crippen molar-refractivity contribution >= 4 is 5.97 Å². The van der Waals surface area contributed by atoms with E-state index in [1.807, 2.05) is 30.3 Å². The van der Waals surface area contributed by atoms with Gasteiger partial charge in [-0.3, -0.25) is 0 Å². The van der Waals surface area contributed by atoms with Gasteiger partial charge in [0, 0.05) is 0 Å². The highest BCUT2D eigenvalue weighted by molar-refractivity contribution is 5.86. The molecule has 76 valence electrons. The molecule has 0 aliphatic rings. The molecule has 0 bridgehead atoms. The smallest absolute Gasteiger partial charge is 0.360 e. The number of oxazole rings is 1. The van der Waals surface area contributed by atoms with Crippen molar-refractivity contribution in [2.45, 2.75) is 6.61 Å². The molecule has 0 spiro atoms. The first-order valence-electron chi connectivity index (χ1n) is 4.45. The maximum absolute atomic E-state index is 11.3. The van der Waals surface area contributed by atoms with Crippen LogP contribution in [-0.4, -0.2) is 11.0 Å². The highest BCUT2D eigenvalue weighted by Gasteiger charge is 2.09. The lowest BCUT2D eigenvalue weighted by atomic mass is 10.2. The topological polar surface area (TPSA) is 52.3 Å². The first-order valence-corrected chi connectivity index (χ1v) is 4.45. The summed E-state index contributed by atoms with van der Waals surface area (Å²) >= 11 is 0. The molecule has 0 saturated carbocycles. The molecule has 1 aromatic carbocycles. The summed E-state index contributed by atoms with van der Waals surface area (Å²) in [6.45, 7) is 0.243. The zero-order valence-electron chi connectivity index (χ0n) is 7.92. The van der Waals surface area contributed by atoms with Gasteiger partial charge >= 0.3 is 5.97 Å². The van der Waals surface area contributed by atoms with Gasteiger partial charge in [0.2, 0.25) is 0 Å². The number of nitrogens with zero attached hydrogens (tertiary/aromatic N) is 1. The van der Waals surface area contributed by atoms with E-state index in [1.54, 1.807) is 0 Å². The quantitative estimate of drug-likeness (QED) is 0.716. The molecular formula is C11H9NO3. The van der Waals surface area contributed by atoms with E-state index >= 15 is 0 Å². The van der Waals surface area contributed by atoms with Gasteiger partial charge in [-0.2, -0.15) is 0 Å². The maximum Gasteiger partial charge on any atom is 0.360 e. The van der Waals surface area contributed by atoms with Crippen LogP contribution in [0.15, 0.2) is 47.4 Å². The minimum Gasteiger partial charge on any atom is -0.456 e. The van der Waals surface area contributed by atoms with Crippen LogP contribution in [0.25, 0.3) is 0 Å². The number of benzene rings is 1. The zero-order chi connectivity index (χ0) is 10.5. The molecule has 4 heteroatoms. The van der Waals surface area contributed by atoms with Crippen LogP contribution in [0, 0.1) is 0 Å². The van der Waals surface area contributed by atoms with Gasteiger partial charge in [-0.05, 0) is 5.56 Å². The second-order valence-corrected chi connectivity index (χ2v) is 2.94. The Hall–Kier alpha value is -2.10. The van der Waals surface area contributed by atoms with Crippen LogP contribution in [0.1, 0.15) is 16.1 Å². The number of rotatable bonds is 3. The predicted molar refractivity (Wildman–Crippen MR) is 52.1 cm³/mol. The van der Waals surface area contributed by atoms with E-state index in [9.17, 15) is 4.79 Å². The SMILES string of the molecule is O=C(OCc1ccccc1)c1cocn1. The minimum absolute atomic E-state index is 0.186. The lowest BCUT2D eigenvalue weighted by molar-refractivity contribution is 0.0465. The van der Waals surface area contributed by atoms with Gasteiger partial charge in [0.25, 0.3) is 0 Å². The third kappa shape index (κ3) is 2.43. The Balaban J connectivity index is 1.92. The van der Waals surface area contributed by atoms with Crippen molar-refractivity contribution < 1.29 is 13.9 Å². The van der Waals surface area contributed by atoms with Crippen LogP contribution in [0.5, 0.6) is 0 Å². The molecule has 0 N–H and O–H groups in total. The number of esters is 1. The molecule has 0 fully saturated rings. The highest BCUT2D eigenvalue weighted by atomic mass is 16.5. The van der Waals surface area contributed by atoms with Crippen molar-refractivity contribution in [1.82, 2.24) is 4.98 Å². The summed E-state index contributed by atoms with van der Waals surface area (Å²) in [7, 11) is 0. The largest absolute Gasteiger partial charge is 0.456 e. The summed E-state index contributed by atoms with van der Waals surface area (Å²) in [4.78, 5) is 15.0. The maximum atomic E-state index is 11.3. The summed E-state index contributed by atoms with van der Waals surface area (Å²) in [5.74, 6) is -0.479. The Kier molecular flexibility index (Phi) is 2.78. The first kappa shape index (κ1) is 9.45. The first-order chi connectivity index (χ1) is 7.36. The number of ether oxygens (including phenoxy) is 1. The summed E-state index contributed by atoms with van der Waals surface area (Å²) in [6, 6.07) is 9.45. The van der Waals surface area contributed by atoms with E-state index in [4.69, 9.17) is 4.74 Å². The van der Waals surface area contributed by atoms with E-state index in [0.29, 0.717) is 0 Å². The number of aromatic nitrogens is 1. The second kappa shape index (κ2) is 4.41. The van der Waals surface area contributed by atoms with Gasteiger partial charge < -0.3 is 9.15 Å². The molecule has 0 aliphatic heterocycles. The monoisotopic (exact) mass is 203 g/mol. The number of carbonyl (C=O) groups excluding carboxylic acids is 1. The van der Waals surface area contributed by atoms with Crippen LogP contribution in [0.2, 0.25) is 0 Å². The molecule has 4 nitrogen and oxygen atoms in total. The van der Waals surface area contributed by atoms with Gasteiger partial charge in [-0.1, -0.05) is 30.3 Å². The molecule has 15 heavy (non-hydrogen) atoms. The summed E-state index contributed by atoms with van der Waals surface area (Å²) < 4.78 is 9.69. The Morgan fingerprint density at radius 3 is 2.80 bits per heavy atom. The molecule has 0 aliphatic carbocycles. The second-order valence-electron chi connectivity index (χ2n) is 2.94. The number of hydrogen-bond donors (Lipinski definition) is 0. The van der Waals surface area contributed by atoms with E-state index < -0.39 is 5.97 Å². The van der Waals surface area contributed by atoms with Gasteiger partial charge in [0.05, 0.1) is 0 Å². The number of hydrogen-bond acceptors (Lipinski definition) is 4. The van der Waals surface area contributed by atoms with E-state index in [1.165, 1.54) is 12.7 Å². The van der Waals surface area contributed by atoms with Gasteiger partial charge in [-0.15, -0.1) is 0 Å². The Labute approximate surface area is 86.5 Å². The Bertz CT molecular complexity index is 422. The van der Waals surface area contributed by atoms with Crippen LogP contribution < -0.4 is 0 Å². The van der Waals surface area contributed by atoms with Crippen LogP contribution in [0.3, 0.4) is 0 Å². The van der Waals surface area contributed by atoms with Crippen molar-refractivity contribution in [3.05, 3.63) is 54.2 Å². The normalized spacial score (nSPS) is 9.87. The van der Waals surface area contributed by atoms with Crippen molar-refractivity contribution in [3.63, 3.8) is 0 Å². The lowest BCUT2D eigenvalue weighted by Gasteiger charge is -2.01. The molecule has 2 aromatic rings. The van der Waals surface area contributed by atoms with Gasteiger partial charge in [-0.25, -0.2) is 9.78 Å². The molecule has 0 unspecified atom stereocenters. The van der Waals surface area contributed by atoms with E-state index in [0.717, 1.165) is 5.56 Å². The fourth-order valence-corrected chi connectivity index (χ4v) is 1.11. The average molecular weight is 203 g/mol. The summed E-state index contributed by atoms with van der Waals surface area (Å²) in [5, 5.41) is 0. The molecule has 0 amide bonds. The van der Waals surface area contributed by atoms with E-state index in [-0.39, 0.29) is 12.3 Å². The zero-order valence-corrected chi connectivity index (χ0v) is 7.92.